The minimum Gasteiger partial charge on any atom is -0.478 e. The van der Waals surface area contributed by atoms with Crippen molar-refractivity contribution < 1.29 is 19.4 Å². The predicted molar refractivity (Wildman–Crippen MR) is 123 cm³/mol. The van der Waals surface area contributed by atoms with Gasteiger partial charge < -0.3 is 14.6 Å². The van der Waals surface area contributed by atoms with Crippen molar-refractivity contribution in [1.29, 1.82) is 0 Å². The van der Waals surface area contributed by atoms with Crippen molar-refractivity contribution >= 4 is 17.6 Å². The van der Waals surface area contributed by atoms with E-state index in [4.69, 9.17) is 21.1 Å². The van der Waals surface area contributed by atoms with Crippen LogP contribution < -0.4 is 4.74 Å². The maximum Gasteiger partial charge on any atom is 0.348 e. The molecule has 1 aromatic heterocycles. The molecule has 0 unspecified atom stereocenters. The third kappa shape index (κ3) is 6.05. The lowest BCUT2D eigenvalue weighted by Crippen LogP contribution is -2.48. The van der Waals surface area contributed by atoms with Crippen LogP contribution in [0.4, 0.5) is 0 Å². The molecule has 1 N–H and O–H groups in total. The second-order valence-corrected chi connectivity index (χ2v) is 8.26. The number of nitrogens with zero attached hydrogens (tertiary/aromatic N) is 2. The van der Waals surface area contributed by atoms with Gasteiger partial charge in [0.2, 0.25) is 6.10 Å². The summed E-state index contributed by atoms with van der Waals surface area (Å²) in [4.78, 5) is 20.8. The Morgan fingerprint density at radius 3 is 2.28 bits per heavy atom. The highest BCUT2D eigenvalue weighted by molar-refractivity contribution is 6.30. The second kappa shape index (κ2) is 10.6. The predicted octanol–water partition coefficient (Wildman–Crippen LogP) is 5.14. The molecular formula is C25H27ClN2O4. The van der Waals surface area contributed by atoms with Gasteiger partial charge in [-0.1, -0.05) is 54.1 Å². The first-order valence-electron chi connectivity index (χ1n) is 10.4. The number of aryl methyl sites for hydroxylation is 3. The first kappa shape index (κ1) is 23.7. The summed E-state index contributed by atoms with van der Waals surface area (Å²) < 4.78 is 12.1. The number of carbonyl (C=O) groups is 1. The Labute approximate surface area is 193 Å². The van der Waals surface area contributed by atoms with E-state index in [0.717, 1.165) is 12.0 Å². The molecule has 0 radical (unpaired) electrons. The van der Waals surface area contributed by atoms with Crippen molar-refractivity contribution in [3.63, 3.8) is 0 Å². The molecule has 168 valence electrons. The highest BCUT2D eigenvalue weighted by Gasteiger charge is 2.44. The number of carboxylic acids is 1. The van der Waals surface area contributed by atoms with E-state index in [1.807, 2.05) is 54.6 Å². The number of rotatable bonds is 10. The molecule has 6 nitrogen and oxygen atoms in total. The van der Waals surface area contributed by atoms with Crippen molar-refractivity contribution in [1.82, 2.24) is 9.97 Å². The molecule has 0 aliphatic heterocycles. The molecule has 2 atom stereocenters. The number of aromatic nitrogens is 2. The van der Waals surface area contributed by atoms with Gasteiger partial charge in [-0.2, -0.15) is 0 Å². The quantitative estimate of drug-likeness (QED) is 0.427. The van der Waals surface area contributed by atoms with E-state index in [1.54, 1.807) is 26.8 Å². The zero-order valence-corrected chi connectivity index (χ0v) is 19.2. The molecule has 0 saturated carbocycles. The van der Waals surface area contributed by atoms with Crippen molar-refractivity contribution in [2.45, 2.75) is 45.3 Å². The fourth-order valence-electron chi connectivity index (χ4n) is 3.54. The number of ether oxygens (including phenoxy) is 2. The smallest absolute Gasteiger partial charge is 0.348 e. The molecule has 0 bridgehead atoms. The zero-order valence-electron chi connectivity index (χ0n) is 18.4. The van der Waals surface area contributed by atoms with Gasteiger partial charge >= 0.3 is 12.0 Å². The third-order valence-corrected chi connectivity index (χ3v) is 5.43. The Morgan fingerprint density at radius 1 is 1.06 bits per heavy atom. The summed E-state index contributed by atoms with van der Waals surface area (Å²) in [6.45, 7) is 5.68. The maximum atomic E-state index is 12.3. The molecule has 3 aromatic rings. The first-order valence-corrected chi connectivity index (χ1v) is 10.8. The van der Waals surface area contributed by atoms with Crippen LogP contribution in [-0.2, 0) is 21.6 Å². The van der Waals surface area contributed by atoms with Crippen LogP contribution in [-0.4, -0.2) is 33.8 Å². The van der Waals surface area contributed by atoms with Crippen LogP contribution in [0.1, 0.15) is 35.9 Å². The van der Waals surface area contributed by atoms with E-state index in [1.165, 1.54) is 0 Å². The molecule has 7 heteroatoms. The minimum atomic E-state index is -1.35. The van der Waals surface area contributed by atoms with Gasteiger partial charge in [-0.05, 0) is 62.9 Å². The van der Waals surface area contributed by atoms with E-state index in [0.29, 0.717) is 35.0 Å². The summed E-state index contributed by atoms with van der Waals surface area (Å²) in [6, 6.07) is 18.7. The van der Waals surface area contributed by atoms with Gasteiger partial charge in [0.15, 0.2) is 0 Å². The molecule has 0 spiro atoms. The van der Waals surface area contributed by atoms with E-state index in [2.05, 4.69) is 9.97 Å². The van der Waals surface area contributed by atoms with Crippen LogP contribution >= 0.6 is 11.6 Å². The normalized spacial score (nSPS) is 13.9. The van der Waals surface area contributed by atoms with Crippen LogP contribution in [0.2, 0.25) is 5.02 Å². The van der Waals surface area contributed by atoms with Crippen LogP contribution in [0, 0.1) is 13.8 Å². The molecule has 0 aliphatic carbocycles. The second-order valence-electron chi connectivity index (χ2n) is 7.82. The maximum absolute atomic E-state index is 12.3. The largest absolute Gasteiger partial charge is 0.478 e. The van der Waals surface area contributed by atoms with Crippen molar-refractivity contribution in [2.24, 2.45) is 0 Å². The standard InChI is InChI=1S/C25H27ClN2O4/c1-17-16-18(2)28-24(27-17)32-22(23(29)30)25(3,20-9-5-4-6-10-20)31-15-7-8-19-11-13-21(26)14-12-19/h4-6,9-14,16,22H,7-8,15H2,1-3H3,(H,29,30)/t22-,25+/m1/s1. The molecule has 0 amide bonds. The third-order valence-electron chi connectivity index (χ3n) is 5.18. The SMILES string of the molecule is Cc1cc(C)nc(O[C@H](C(=O)O)[C@@](C)(OCCCc2ccc(Cl)cc2)c2ccccc2)n1. The molecule has 3 rings (SSSR count). The van der Waals surface area contributed by atoms with Gasteiger partial charge in [-0.25, -0.2) is 14.8 Å². The summed E-state index contributed by atoms with van der Waals surface area (Å²) in [5, 5.41) is 10.7. The van der Waals surface area contributed by atoms with E-state index >= 15 is 0 Å². The summed E-state index contributed by atoms with van der Waals surface area (Å²) in [5.74, 6) is -1.16. The van der Waals surface area contributed by atoms with Crippen molar-refractivity contribution in [2.75, 3.05) is 6.61 Å². The summed E-state index contributed by atoms with van der Waals surface area (Å²) >= 11 is 5.95. The summed E-state index contributed by atoms with van der Waals surface area (Å²) in [7, 11) is 0. The van der Waals surface area contributed by atoms with Gasteiger partial charge in [-0.15, -0.1) is 0 Å². The number of benzene rings is 2. The Bertz CT molecular complexity index is 1020. The Hall–Kier alpha value is -2.96. The molecule has 2 aromatic carbocycles. The van der Waals surface area contributed by atoms with Crippen LogP contribution in [0.15, 0.2) is 60.7 Å². The van der Waals surface area contributed by atoms with E-state index < -0.39 is 17.7 Å². The number of hydrogen-bond acceptors (Lipinski definition) is 5. The lowest BCUT2D eigenvalue weighted by molar-refractivity contribution is -0.168. The lowest BCUT2D eigenvalue weighted by Gasteiger charge is -2.35. The number of hydrogen-bond donors (Lipinski definition) is 1. The summed E-state index contributed by atoms with van der Waals surface area (Å²) in [6.07, 6.45) is 0.138. The van der Waals surface area contributed by atoms with Crippen molar-refractivity contribution in [3.05, 3.63) is 88.2 Å². The van der Waals surface area contributed by atoms with Crippen LogP contribution in [0.3, 0.4) is 0 Å². The number of carboxylic acid groups (broad SMARTS) is 1. The lowest BCUT2D eigenvalue weighted by atomic mass is 9.89. The molecule has 0 fully saturated rings. The number of halogens is 1. The zero-order chi connectivity index (χ0) is 23.1. The van der Waals surface area contributed by atoms with Gasteiger partial charge in [0.25, 0.3) is 0 Å². The number of aliphatic carboxylic acids is 1. The molecule has 32 heavy (non-hydrogen) atoms. The highest BCUT2D eigenvalue weighted by atomic mass is 35.5. The Morgan fingerprint density at radius 2 is 1.69 bits per heavy atom. The molecule has 1 heterocycles. The van der Waals surface area contributed by atoms with Crippen LogP contribution in [0.5, 0.6) is 6.01 Å². The minimum absolute atomic E-state index is 0.0156. The van der Waals surface area contributed by atoms with Crippen molar-refractivity contribution in [3.8, 4) is 6.01 Å². The topological polar surface area (TPSA) is 81.5 Å². The monoisotopic (exact) mass is 454 g/mol. The van der Waals surface area contributed by atoms with Gasteiger partial charge in [0.1, 0.15) is 5.60 Å². The molecular weight excluding hydrogens is 428 g/mol. The fourth-order valence-corrected chi connectivity index (χ4v) is 3.67. The average Bonchev–Trinajstić information content (AvgIpc) is 2.76. The average molecular weight is 455 g/mol. The van der Waals surface area contributed by atoms with Gasteiger partial charge in [0.05, 0.1) is 0 Å². The van der Waals surface area contributed by atoms with E-state index in [-0.39, 0.29) is 6.01 Å². The molecule has 0 saturated heterocycles. The first-order chi connectivity index (χ1) is 15.3. The van der Waals surface area contributed by atoms with Crippen LogP contribution in [0.25, 0.3) is 0 Å². The fraction of sp³-hybridized carbons (Fsp3) is 0.320. The Balaban J connectivity index is 1.81. The Kier molecular flexibility index (Phi) is 7.83. The van der Waals surface area contributed by atoms with Gasteiger partial charge in [-0.3, -0.25) is 0 Å². The highest BCUT2D eigenvalue weighted by Crippen LogP contribution is 2.32. The van der Waals surface area contributed by atoms with Gasteiger partial charge in [0, 0.05) is 23.0 Å². The molecule has 0 aliphatic rings. The van der Waals surface area contributed by atoms with E-state index in [9.17, 15) is 9.90 Å². The summed E-state index contributed by atoms with van der Waals surface area (Å²) in [5.41, 5.74) is 1.97.